The molecule has 1 aliphatic carbocycles. The zero-order valence-corrected chi connectivity index (χ0v) is 8.08. The van der Waals surface area contributed by atoms with Crippen molar-refractivity contribution in [3.63, 3.8) is 0 Å². The van der Waals surface area contributed by atoms with Crippen molar-refractivity contribution in [2.75, 3.05) is 6.61 Å². The molecule has 2 unspecified atom stereocenters. The van der Waals surface area contributed by atoms with E-state index >= 15 is 0 Å². The van der Waals surface area contributed by atoms with Crippen LogP contribution in [0.5, 0.6) is 0 Å². The first-order chi connectivity index (χ1) is 6.12. The molecule has 0 spiro atoms. The van der Waals surface area contributed by atoms with Gasteiger partial charge in [-0.2, -0.15) is 0 Å². The molecule has 76 valence electrons. The summed E-state index contributed by atoms with van der Waals surface area (Å²) in [4.78, 5) is 10.9. The molecular formula is C9H16O4. The van der Waals surface area contributed by atoms with E-state index in [1.54, 1.807) is 6.92 Å². The largest absolute Gasteiger partial charge is 0.510 e. The number of carbonyl (C=O) groups excluding carboxylic acids is 1. The zero-order valence-electron chi connectivity index (χ0n) is 8.08. The van der Waals surface area contributed by atoms with Gasteiger partial charge in [0.15, 0.2) is 0 Å². The first-order valence-corrected chi connectivity index (χ1v) is 4.70. The van der Waals surface area contributed by atoms with Crippen molar-refractivity contribution in [2.45, 2.75) is 38.9 Å². The van der Waals surface area contributed by atoms with E-state index in [9.17, 15) is 9.90 Å². The van der Waals surface area contributed by atoms with E-state index < -0.39 is 11.9 Å². The average Bonchev–Trinajstić information content (AvgIpc) is 2.03. The topological polar surface area (TPSA) is 55.8 Å². The summed E-state index contributed by atoms with van der Waals surface area (Å²) in [6, 6.07) is 0. The minimum Gasteiger partial charge on any atom is -0.435 e. The minimum atomic E-state index is -1.26. The Kier molecular flexibility index (Phi) is 3.14. The van der Waals surface area contributed by atoms with Crippen molar-refractivity contribution in [1.82, 2.24) is 0 Å². The fourth-order valence-electron chi connectivity index (χ4n) is 1.54. The predicted molar refractivity (Wildman–Crippen MR) is 46.1 cm³/mol. The van der Waals surface area contributed by atoms with Crippen molar-refractivity contribution in [1.29, 1.82) is 0 Å². The molecule has 0 amide bonds. The van der Waals surface area contributed by atoms with E-state index in [0.29, 0.717) is 6.42 Å². The molecule has 1 saturated carbocycles. The fraction of sp³-hybridized carbons (Fsp3) is 0.889. The van der Waals surface area contributed by atoms with Gasteiger partial charge in [-0.1, -0.05) is 6.92 Å². The van der Waals surface area contributed by atoms with Gasteiger partial charge in [0.05, 0.1) is 6.61 Å². The summed E-state index contributed by atoms with van der Waals surface area (Å²) in [5, 5.41) is 9.74. The van der Waals surface area contributed by atoms with Gasteiger partial charge in [0.25, 0.3) is 0 Å². The monoisotopic (exact) mass is 188 g/mol. The third-order valence-electron chi connectivity index (χ3n) is 2.50. The second-order valence-corrected chi connectivity index (χ2v) is 3.27. The standard InChI is InChI=1S/C9H16O4/c1-3-7-5-6-9(7,11)13-8(10)12-4-2/h7,11H,3-6H2,1-2H3. The van der Waals surface area contributed by atoms with E-state index in [4.69, 9.17) is 4.74 Å². The summed E-state index contributed by atoms with van der Waals surface area (Å²) >= 11 is 0. The quantitative estimate of drug-likeness (QED) is 0.540. The minimum absolute atomic E-state index is 0.0666. The van der Waals surface area contributed by atoms with Crippen LogP contribution in [0.2, 0.25) is 0 Å². The first-order valence-electron chi connectivity index (χ1n) is 4.70. The van der Waals surface area contributed by atoms with E-state index in [-0.39, 0.29) is 12.5 Å². The molecule has 0 bridgehead atoms. The third-order valence-corrected chi connectivity index (χ3v) is 2.50. The zero-order chi connectivity index (χ0) is 9.90. The van der Waals surface area contributed by atoms with E-state index in [1.807, 2.05) is 6.92 Å². The van der Waals surface area contributed by atoms with E-state index in [0.717, 1.165) is 12.8 Å². The molecule has 0 aliphatic heterocycles. The molecule has 1 aliphatic rings. The summed E-state index contributed by atoms with van der Waals surface area (Å²) in [6.07, 6.45) is 1.47. The van der Waals surface area contributed by atoms with Crippen LogP contribution in [0.3, 0.4) is 0 Å². The molecule has 1 rings (SSSR count). The maximum atomic E-state index is 10.9. The summed E-state index contributed by atoms with van der Waals surface area (Å²) in [7, 11) is 0. The van der Waals surface area contributed by atoms with E-state index in [1.165, 1.54) is 0 Å². The van der Waals surface area contributed by atoms with Crippen molar-refractivity contribution in [3.8, 4) is 0 Å². The molecular weight excluding hydrogens is 172 g/mol. The number of ether oxygens (including phenoxy) is 2. The van der Waals surface area contributed by atoms with Crippen molar-refractivity contribution in [2.24, 2.45) is 5.92 Å². The predicted octanol–water partition coefficient (Wildman–Crippen LogP) is 1.67. The first kappa shape index (κ1) is 10.3. The Morgan fingerprint density at radius 1 is 1.62 bits per heavy atom. The molecule has 0 radical (unpaired) electrons. The molecule has 4 heteroatoms. The van der Waals surface area contributed by atoms with Gasteiger partial charge in [0, 0.05) is 12.3 Å². The van der Waals surface area contributed by atoms with Crippen LogP contribution in [0.1, 0.15) is 33.1 Å². The highest BCUT2D eigenvalue weighted by Gasteiger charge is 2.48. The Hall–Kier alpha value is -0.770. The molecule has 0 aromatic heterocycles. The Labute approximate surface area is 77.8 Å². The number of hydrogen-bond acceptors (Lipinski definition) is 4. The maximum Gasteiger partial charge on any atom is 0.510 e. The van der Waals surface area contributed by atoms with Crippen LogP contribution in [-0.4, -0.2) is 23.7 Å². The lowest BCUT2D eigenvalue weighted by atomic mass is 9.76. The fourth-order valence-corrected chi connectivity index (χ4v) is 1.54. The van der Waals surface area contributed by atoms with Crippen LogP contribution in [-0.2, 0) is 9.47 Å². The molecule has 0 aromatic rings. The second kappa shape index (κ2) is 3.96. The van der Waals surface area contributed by atoms with Gasteiger partial charge in [-0.25, -0.2) is 4.79 Å². The molecule has 0 heterocycles. The van der Waals surface area contributed by atoms with Crippen molar-refractivity contribution in [3.05, 3.63) is 0 Å². The van der Waals surface area contributed by atoms with Gasteiger partial charge in [-0.3, -0.25) is 0 Å². The highest BCUT2D eigenvalue weighted by Crippen LogP contribution is 2.41. The van der Waals surface area contributed by atoms with Gasteiger partial charge in [-0.05, 0) is 19.8 Å². The Morgan fingerprint density at radius 3 is 2.69 bits per heavy atom. The van der Waals surface area contributed by atoms with Gasteiger partial charge in [-0.15, -0.1) is 0 Å². The summed E-state index contributed by atoms with van der Waals surface area (Å²) in [6.45, 7) is 3.93. The van der Waals surface area contributed by atoms with Crippen LogP contribution in [0.4, 0.5) is 4.79 Å². The lowest BCUT2D eigenvalue weighted by Crippen LogP contribution is -2.50. The Balaban J connectivity index is 2.38. The van der Waals surface area contributed by atoms with Gasteiger partial charge in [0.1, 0.15) is 0 Å². The van der Waals surface area contributed by atoms with Crippen molar-refractivity contribution >= 4 is 6.16 Å². The Morgan fingerprint density at radius 2 is 2.31 bits per heavy atom. The number of hydrogen-bond donors (Lipinski definition) is 1. The van der Waals surface area contributed by atoms with Gasteiger partial charge in [0.2, 0.25) is 5.79 Å². The van der Waals surface area contributed by atoms with Crippen molar-refractivity contribution < 1.29 is 19.4 Å². The molecule has 1 fully saturated rings. The lowest BCUT2D eigenvalue weighted by molar-refractivity contribution is -0.260. The van der Waals surface area contributed by atoms with Gasteiger partial charge >= 0.3 is 6.16 Å². The average molecular weight is 188 g/mol. The highest BCUT2D eigenvalue weighted by molar-refractivity contribution is 5.60. The molecule has 0 aromatic carbocycles. The molecule has 1 N–H and O–H groups in total. The summed E-state index contributed by atoms with van der Waals surface area (Å²) < 4.78 is 9.40. The van der Waals surface area contributed by atoms with Crippen LogP contribution < -0.4 is 0 Å². The van der Waals surface area contributed by atoms with E-state index in [2.05, 4.69) is 4.74 Å². The highest BCUT2D eigenvalue weighted by atomic mass is 16.8. The third kappa shape index (κ3) is 2.12. The number of aliphatic hydroxyl groups is 1. The summed E-state index contributed by atoms with van der Waals surface area (Å²) in [5.41, 5.74) is 0. The second-order valence-electron chi connectivity index (χ2n) is 3.27. The van der Waals surface area contributed by atoms with Crippen LogP contribution in [0.25, 0.3) is 0 Å². The molecule has 13 heavy (non-hydrogen) atoms. The van der Waals surface area contributed by atoms with Crippen LogP contribution in [0.15, 0.2) is 0 Å². The van der Waals surface area contributed by atoms with Gasteiger partial charge < -0.3 is 14.6 Å². The summed E-state index contributed by atoms with van der Waals surface area (Å²) in [5.74, 6) is -1.20. The maximum absolute atomic E-state index is 10.9. The van der Waals surface area contributed by atoms with Crippen LogP contribution >= 0.6 is 0 Å². The SMILES string of the molecule is CCOC(=O)OC1(O)CCC1CC. The van der Waals surface area contributed by atoms with Crippen LogP contribution in [0, 0.1) is 5.92 Å². The Bertz CT molecular complexity index is 190. The molecule has 0 saturated heterocycles. The number of carbonyl (C=O) groups is 1. The molecule has 4 nitrogen and oxygen atoms in total. The number of rotatable bonds is 3. The molecule has 2 atom stereocenters. The normalized spacial score (nSPS) is 32.1. The smallest absolute Gasteiger partial charge is 0.435 e. The lowest BCUT2D eigenvalue weighted by Gasteiger charge is -2.42.